The lowest BCUT2D eigenvalue weighted by Gasteiger charge is -2.22. The van der Waals surface area contributed by atoms with E-state index in [9.17, 15) is 0 Å². The minimum absolute atomic E-state index is 0.164. The summed E-state index contributed by atoms with van der Waals surface area (Å²) in [4.78, 5) is 4.70. The Labute approximate surface area is 130 Å². The highest BCUT2D eigenvalue weighted by Gasteiger charge is 2.49. The number of allylic oxidation sites excluding steroid dienone is 6. The molecule has 22 heavy (non-hydrogen) atoms. The van der Waals surface area contributed by atoms with Crippen LogP contribution in [-0.2, 0) is 5.41 Å². The van der Waals surface area contributed by atoms with E-state index in [1.807, 2.05) is 6.20 Å². The molecule has 1 aromatic heterocycles. The van der Waals surface area contributed by atoms with Crippen LogP contribution in [0.1, 0.15) is 5.69 Å². The molecule has 2 aromatic rings. The van der Waals surface area contributed by atoms with E-state index in [-0.39, 0.29) is 5.41 Å². The molecule has 1 fully saturated rings. The van der Waals surface area contributed by atoms with Gasteiger partial charge in [-0.05, 0) is 41.0 Å². The third-order valence-electron chi connectivity index (χ3n) is 5.29. The summed E-state index contributed by atoms with van der Waals surface area (Å²) in [6, 6.07) is 14.8. The molecule has 4 aliphatic rings. The van der Waals surface area contributed by atoms with Crippen molar-refractivity contribution >= 4 is 0 Å². The van der Waals surface area contributed by atoms with Crippen molar-refractivity contribution in [2.24, 2.45) is 17.8 Å². The molecule has 0 unspecified atom stereocenters. The van der Waals surface area contributed by atoms with Crippen molar-refractivity contribution < 1.29 is 0 Å². The molecule has 1 heteroatoms. The van der Waals surface area contributed by atoms with E-state index in [2.05, 4.69) is 78.9 Å². The molecule has 0 saturated heterocycles. The normalized spacial score (nSPS) is 33.5. The summed E-state index contributed by atoms with van der Waals surface area (Å²) >= 11 is 0. The Morgan fingerprint density at radius 3 is 2.00 bits per heavy atom. The molecule has 4 bridgehead atoms. The Kier molecular flexibility index (Phi) is 2.38. The van der Waals surface area contributed by atoms with Gasteiger partial charge in [-0.15, -0.1) is 0 Å². The minimum atomic E-state index is -0.164. The van der Waals surface area contributed by atoms with Crippen molar-refractivity contribution in [2.45, 2.75) is 5.41 Å². The number of hydrogen-bond acceptors (Lipinski definition) is 1. The van der Waals surface area contributed by atoms with Crippen molar-refractivity contribution in [3.8, 4) is 11.1 Å². The first-order chi connectivity index (χ1) is 10.9. The highest BCUT2D eigenvalue weighted by Crippen LogP contribution is 2.55. The second-order valence-electron chi connectivity index (χ2n) is 6.54. The number of nitrogens with zero attached hydrogens (tertiary/aromatic N) is 1. The molecule has 0 spiro atoms. The molecule has 0 N–H and O–H groups in total. The molecule has 0 radical (unpaired) electrons. The Morgan fingerprint density at radius 2 is 1.36 bits per heavy atom. The summed E-state index contributed by atoms with van der Waals surface area (Å²) in [5, 5.41) is 0. The number of pyridine rings is 1. The van der Waals surface area contributed by atoms with Crippen LogP contribution in [0.5, 0.6) is 0 Å². The van der Waals surface area contributed by atoms with Crippen molar-refractivity contribution in [2.75, 3.05) is 0 Å². The summed E-state index contributed by atoms with van der Waals surface area (Å²) in [6.07, 6.45) is 16.1. The minimum Gasteiger partial charge on any atom is -0.260 e. The van der Waals surface area contributed by atoms with Gasteiger partial charge in [0.15, 0.2) is 0 Å². The van der Waals surface area contributed by atoms with Gasteiger partial charge in [0.1, 0.15) is 0 Å². The molecule has 1 nitrogen and oxygen atoms in total. The van der Waals surface area contributed by atoms with Crippen LogP contribution in [0.15, 0.2) is 85.1 Å². The van der Waals surface area contributed by atoms with Gasteiger partial charge < -0.3 is 0 Å². The van der Waals surface area contributed by atoms with Gasteiger partial charge in [-0.1, -0.05) is 66.8 Å². The molecule has 1 heterocycles. The van der Waals surface area contributed by atoms with Crippen LogP contribution in [0.4, 0.5) is 0 Å². The lowest BCUT2D eigenvalue weighted by Crippen LogP contribution is -2.18. The predicted octanol–water partition coefficient (Wildman–Crippen LogP) is 4.54. The highest BCUT2D eigenvalue weighted by atomic mass is 14.7. The summed E-state index contributed by atoms with van der Waals surface area (Å²) < 4.78 is 0. The van der Waals surface area contributed by atoms with E-state index >= 15 is 0 Å². The molecule has 1 saturated carbocycles. The average molecular weight is 283 g/mol. The lowest BCUT2D eigenvalue weighted by molar-refractivity contribution is 0.812. The first-order valence-electron chi connectivity index (χ1n) is 7.96. The smallest absolute Gasteiger partial charge is 0.0666 e. The van der Waals surface area contributed by atoms with E-state index in [0.717, 1.165) is 5.69 Å². The van der Waals surface area contributed by atoms with Gasteiger partial charge in [-0.25, -0.2) is 0 Å². The maximum absolute atomic E-state index is 4.70. The quantitative estimate of drug-likeness (QED) is 0.737. The van der Waals surface area contributed by atoms with Crippen LogP contribution in [0.3, 0.4) is 0 Å². The van der Waals surface area contributed by atoms with Gasteiger partial charge in [0.05, 0.1) is 11.1 Å². The van der Waals surface area contributed by atoms with Gasteiger partial charge in [0.2, 0.25) is 0 Å². The van der Waals surface area contributed by atoms with Gasteiger partial charge in [-0.3, -0.25) is 4.98 Å². The van der Waals surface area contributed by atoms with E-state index in [1.165, 1.54) is 11.1 Å². The zero-order chi connectivity index (χ0) is 14.6. The van der Waals surface area contributed by atoms with Gasteiger partial charge in [-0.2, -0.15) is 0 Å². The molecular weight excluding hydrogens is 266 g/mol. The summed E-state index contributed by atoms with van der Waals surface area (Å²) in [6.45, 7) is 0. The van der Waals surface area contributed by atoms with Crippen LogP contribution in [0.25, 0.3) is 11.1 Å². The summed E-state index contributed by atoms with van der Waals surface area (Å²) in [5.41, 5.74) is 3.42. The predicted molar refractivity (Wildman–Crippen MR) is 89.2 cm³/mol. The second kappa shape index (κ2) is 4.30. The Balaban J connectivity index is 1.64. The molecular formula is C21H17N. The fraction of sp³-hybridized carbons (Fsp3) is 0.190. The van der Waals surface area contributed by atoms with Crippen LogP contribution < -0.4 is 0 Å². The number of rotatable bonds is 2. The molecule has 1 aromatic carbocycles. The Morgan fingerprint density at radius 1 is 0.727 bits per heavy atom. The van der Waals surface area contributed by atoms with Crippen LogP contribution in [-0.4, -0.2) is 4.98 Å². The second-order valence-corrected chi connectivity index (χ2v) is 6.54. The van der Waals surface area contributed by atoms with E-state index in [4.69, 9.17) is 4.98 Å². The maximum Gasteiger partial charge on any atom is 0.0666 e. The van der Waals surface area contributed by atoms with Crippen LogP contribution >= 0.6 is 0 Å². The molecule has 0 aliphatic heterocycles. The van der Waals surface area contributed by atoms with Crippen LogP contribution in [0, 0.1) is 17.8 Å². The van der Waals surface area contributed by atoms with Crippen molar-refractivity contribution in [3.05, 3.63) is 90.8 Å². The lowest BCUT2D eigenvalue weighted by atomic mass is 9.82. The van der Waals surface area contributed by atoms with Crippen molar-refractivity contribution in [1.29, 1.82) is 0 Å². The van der Waals surface area contributed by atoms with Crippen molar-refractivity contribution in [3.63, 3.8) is 0 Å². The highest BCUT2D eigenvalue weighted by molar-refractivity contribution is 5.64. The van der Waals surface area contributed by atoms with Crippen LogP contribution in [0.2, 0.25) is 0 Å². The topological polar surface area (TPSA) is 12.9 Å². The molecule has 6 rings (SSSR count). The molecule has 4 aliphatic carbocycles. The first kappa shape index (κ1) is 12.2. The monoisotopic (exact) mass is 283 g/mol. The Bertz CT molecular complexity index is 761. The number of hydrogen-bond donors (Lipinski definition) is 0. The molecule has 0 amide bonds. The summed E-state index contributed by atoms with van der Waals surface area (Å²) in [7, 11) is 0. The zero-order valence-corrected chi connectivity index (χ0v) is 12.3. The standard InChI is InChI=1S/C21H17N/c1-2-4-15(5-3-1)16-9-13-22-20(14-16)21-10-6-17-18(7-11-21)19(17)8-12-21/h1-14,17-19H. The average Bonchev–Trinajstić information content (AvgIpc) is 3.34. The number of benzene rings is 1. The van der Waals surface area contributed by atoms with Crippen molar-refractivity contribution in [1.82, 2.24) is 4.98 Å². The fourth-order valence-electron chi connectivity index (χ4n) is 3.87. The maximum atomic E-state index is 4.70. The third-order valence-corrected chi connectivity index (χ3v) is 5.29. The SMILES string of the molecule is C1=CC2(c3cc(-c4ccccc4)ccn3)C=CC3C1C3C=C2. The summed E-state index contributed by atoms with van der Waals surface area (Å²) in [5.74, 6) is 2.15. The van der Waals surface area contributed by atoms with Gasteiger partial charge >= 0.3 is 0 Å². The van der Waals surface area contributed by atoms with Gasteiger partial charge in [0, 0.05) is 6.20 Å². The third kappa shape index (κ3) is 1.69. The Hall–Kier alpha value is -2.41. The first-order valence-corrected chi connectivity index (χ1v) is 7.96. The fourth-order valence-corrected chi connectivity index (χ4v) is 3.87. The van der Waals surface area contributed by atoms with E-state index in [0.29, 0.717) is 17.8 Å². The molecule has 0 atom stereocenters. The van der Waals surface area contributed by atoms with E-state index in [1.54, 1.807) is 0 Å². The zero-order valence-electron chi connectivity index (χ0n) is 12.3. The molecule has 106 valence electrons. The number of aromatic nitrogens is 1. The van der Waals surface area contributed by atoms with E-state index < -0.39 is 0 Å². The largest absolute Gasteiger partial charge is 0.260 e. The van der Waals surface area contributed by atoms with Gasteiger partial charge in [0.25, 0.3) is 0 Å².